The Morgan fingerprint density at radius 3 is 2.81 bits per heavy atom. The monoisotopic (exact) mass is 424 g/mol. The lowest BCUT2D eigenvalue weighted by atomic mass is 10.3. The summed E-state index contributed by atoms with van der Waals surface area (Å²) in [5.74, 6) is -0.208. The number of aromatic nitrogens is 2. The molecule has 134 valence electrons. The molecule has 26 heavy (non-hydrogen) atoms. The minimum Gasteiger partial charge on any atom is -0.325 e. The van der Waals surface area contributed by atoms with Crippen molar-refractivity contribution < 1.29 is 9.59 Å². The summed E-state index contributed by atoms with van der Waals surface area (Å²) in [6.07, 6.45) is 0. The van der Waals surface area contributed by atoms with Crippen LogP contribution >= 0.6 is 46.0 Å². The molecule has 2 N–H and O–H groups in total. The van der Waals surface area contributed by atoms with Gasteiger partial charge in [0.1, 0.15) is 0 Å². The van der Waals surface area contributed by atoms with Gasteiger partial charge in [0.25, 0.3) is 5.91 Å². The highest BCUT2D eigenvalue weighted by atomic mass is 35.5. The third-order valence-electron chi connectivity index (χ3n) is 3.02. The van der Waals surface area contributed by atoms with Crippen LogP contribution in [0.25, 0.3) is 0 Å². The smallest absolute Gasteiger partial charge is 0.267 e. The topological polar surface area (TPSA) is 84.0 Å². The van der Waals surface area contributed by atoms with Crippen LogP contribution < -0.4 is 10.6 Å². The van der Waals surface area contributed by atoms with E-state index in [0.717, 1.165) is 5.56 Å². The number of nitrogens with one attached hydrogen (secondary N) is 2. The summed E-state index contributed by atoms with van der Waals surface area (Å²) in [7, 11) is 0. The molecular formula is C16H13ClN4O2S3. The number of thiophene rings is 1. The third kappa shape index (κ3) is 5.28. The zero-order valence-corrected chi connectivity index (χ0v) is 16.7. The maximum absolute atomic E-state index is 12.1. The number of rotatable bonds is 6. The van der Waals surface area contributed by atoms with Crippen molar-refractivity contribution in [3.63, 3.8) is 0 Å². The number of thioether (sulfide) groups is 1. The van der Waals surface area contributed by atoms with E-state index < -0.39 is 0 Å². The Morgan fingerprint density at radius 1 is 1.23 bits per heavy atom. The van der Waals surface area contributed by atoms with E-state index in [1.165, 1.54) is 34.4 Å². The molecule has 1 aromatic carbocycles. The summed E-state index contributed by atoms with van der Waals surface area (Å²) < 4.78 is 0.601. The van der Waals surface area contributed by atoms with Crippen molar-refractivity contribution in [1.82, 2.24) is 10.2 Å². The van der Waals surface area contributed by atoms with E-state index in [2.05, 4.69) is 20.8 Å². The number of aryl methyl sites for hydroxylation is 1. The molecule has 2 amide bonds. The highest BCUT2D eigenvalue weighted by Crippen LogP contribution is 2.26. The molecule has 0 atom stereocenters. The molecule has 0 saturated heterocycles. The number of carbonyl (C=O) groups is 2. The van der Waals surface area contributed by atoms with Gasteiger partial charge < -0.3 is 5.32 Å². The summed E-state index contributed by atoms with van der Waals surface area (Å²) in [5.41, 5.74) is 1.68. The van der Waals surface area contributed by atoms with Gasteiger partial charge in [-0.15, -0.1) is 21.5 Å². The van der Waals surface area contributed by atoms with E-state index in [9.17, 15) is 9.59 Å². The fraction of sp³-hybridized carbons (Fsp3) is 0.125. The Bertz CT molecular complexity index is 941. The van der Waals surface area contributed by atoms with Crippen molar-refractivity contribution in [3.05, 3.63) is 51.2 Å². The lowest BCUT2D eigenvalue weighted by molar-refractivity contribution is -0.113. The molecule has 6 nitrogen and oxygen atoms in total. The number of nitrogens with zero attached hydrogens (tertiary/aromatic N) is 2. The predicted octanol–water partition coefficient (Wildman–Crippen LogP) is 4.54. The number of hydrogen-bond acceptors (Lipinski definition) is 7. The van der Waals surface area contributed by atoms with Gasteiger partial charge in [-0.05, 0) is 42.1 Å². The predicted molar refractivity (Wildman–Crippen MR) is 108 cm³/mol. The van der Waals surface area contributed by atoms with E-state index >= 15 is 0 Å². The second kappa shape index (κ2) is 8.63. The van der Waals surface area contributed by atoms with E-state index in [1.54, 1.807) is 24.3 Å². The van der Waals surface area contributed by atoms with E-state index in [-0.39, 0.29) is 17.6 Å². The number of benzene rings is 1. The average molecular weight is 425 g/mol. The van der Waals surface area contributed by atoms with Crippen LogP contribution in [0.1, 0.15) is 15.2 Å². The number of halogens is 1. The first-order valence-electron chi connectivity index (χ1n) is 7.38. The summed E-state index contributed by atoms with van der Waals surface area (Å²) in [5, 5.41) is 16.3. The SMILES string of the molecule is Cc1csc(C(=O)Nc2nnc(SCC(=O)Nc3cccc(Cl)c3)s2)c1. The van der Waals surface area contributed by atoms with Gasteiger partial charge in [-0.1, -0.05) is 40.8 Å². The van der Waals surface area contributed by atoms with Crippen LogP contribution in [0.3, 0.4) is 0 Å². The van der Waals surface area contributed by atoms with Crippen LogP contribution in [0.2, 0.25) is 5.02 Å². The van der Waals surface area contributed by atoms with Crippen LogP contribution in [0.15, 0.2) is 40.1 Å². The van der Waals surface area contributed by atoms with Crippen molar-refractivity contribution in [2.24, 2.45) is 0 Å². The first-order chi connectivity index (χ1) is 12.5. The number of amides is 2. The van der Waals surface area contributed by atoms with Gasteiger partial charge in [0, 0.05) is 10.7 Å². The Balaban J connectivity index is 1.50. The van der Waals surface area contributed by atoms with Crippen molar-refractivity contribution >= 4 is 68.7 Å². The number of carbonyl (C=O) groups excluding carboxylic acids is 2. The maximum Gasteiger partial charge on any atom is 0.267 e. The van der Waals surface area contributed by atoms with Gasteiger partial charge in [-0.25, -0.2) is 0 Å². The van der Waals surface area contributed by atoms with Crippen molar-refractivity contribution in [3.8, 4) is 0 Å². The third-order valence-corrected chi connectivity index (χ3v) is 6.27. The van der Waals surface area contributed by atoms with Gasteiger partial charge in [0.15, 0.2) is 4.34 Å². The minimum atomic E-state index is -0.213. The average Bonchev–Trinajstić information content (AvgIpc) is 3.22. The van der Waals surface area contributed by atoms with Crippen LogP contribution in [0.4, 0.5) is 10.8 Å². The molecule has 0 fully saturated rings. The van der Waals surface area contributed by atoms with Gasteiger partial charge >= 0.3 is 0 Å². The molecule has 2 aromatic heterocycles. The van der Waals surface area contributed by atoms with Crippen LogP contribution in [0.5, 0.6) is 0 Å². The molecule has 2 heterocycles. The molecule has 0 spiro atoms. The molecule has 0 bridgehead atoms. The van der Waals surface area contributed by atoms with Crippen LogP contribution in [-0.2, 0) is 4.79 Å². The van der Waals surface area contributed by atoms with Crippen molar-refractivity contribution in [2.75, 3.05) is 16.4 Å². The molecule has 0 radical (unpaired) electrons. The molecule has 10 heteroatoms. The lowest BCUT2D eigenvalue weighted by Gasteiger charge is -2.04. The quantitative estimate of drug-likeness (QED) is 0.448. The van der Waals surface area contributed by atoms with Crippen LogP contribution in [0, 0.1) is 6.92 Å². The molecule has 0 aliphatic heterocycles. The Labute approximate surface area is 167 Å². The molecule has 3 rings (SSSR count). The first kappa shape index (κ1) is 18.8. The second-order valence-electron chi connectivity index (χ2n) is 5.16. The van der Waals surface area contributed by atoms with E-state index in [0.29, 0.717) is 25.1 Å². The highest BCUT2D eigenvalue weighted by Gasteiger charge is 2.13. The normalized spacial score (nSPS) is 10.5. The Hall–Kier alpha value is -1.94. The Kier molecular flexibility index (Phi) is 6.25. The summed E-state index contributed by atoms with van der Waals surface area (Å²) in [6, 6.07) is 8.76. The first-order valence-corrected chi connectivity index (χ1v) is 10.4. The lowest BCUT2D eigenvalue weighted by Crippen LogP contribution is -2.13. The fourth-order valence-electron chi connectivity index (χ4n) is 1.92. The molecule has 3 aromatic rings. The van der Waals surface area contributed by atoms with Crippen LogP contribution in [-0.4, -0.2) is 27.8 Å². The summed E-state index contributed by atoms with van der Waals surface area (Å²) in [4.78, 5) is 24.7. The molecular weight excluding hydrogens is 412 g/mol. The largest absolute Gasteiger partial charge is 0.325 e. The zero-order valence-electron chi connectivity index (χ0n) is 13.5. The van der Waals surface area contributed by atoms with Gasteiger partial charge in [-0.2, -0.15) is 0 Å². The fourth-order valence-corrected chi connectivity index (χ4v) is 4.45. The number of anilines is 2. The number of hydrogen-bond donors (Lipinski definition) is 2. The maximum atomic E-state index is 12.1. The Morgan fingerprint density at radius 2 is 2.08 bits per heavy atom. The highest BCUT2D eigenvalue weighted by molar-refractivity contribution is 8.01. The van der Waals surface area contributed by atoms with Gasteiger partial charge in [-0.3, -0.25) is 14.9 Å². The van der Waals surface area contributed by atoms with E-state index in [1.807, 2.05) is 18.4 Å². The standard InChI is InChI=1S/C16H13ClN4O2S3/c1-9-5-12(24-7-9)14(23)19-15-20-21-16(26-15)25-8-13(22)18-11-4-2-3-10(17)6-11/h2-7H,8H2,1H3,(H,18,22)(H,19,20,23). The van der Waals surface area contributed by atoms with Gasteiger partial charge in [0.05, 0.1) is 10.6 Å². The van der Waals surface area contributed by atoms with E-state index in [4.69, 9.17) is 11.6 Å². The zero-order chi connectivity index (χ0) is 18.5. The van der Waals surface area contributed by atoms with Gasteiger partial charge in [0.2, 0.25) is 11.0 Å². The summed E-state index contributed by atoms with van der Waals surface area (Å²) in [6.45, 7) is 1.93. The van der Waals surface area contributed by atoms with Crippen molar-refractivity contribution in [1.29, 1.82) is 0 Å². The molecule has 0 saturated carbocycles. The minimum absolute atomic E-state index is 0.174. The second-order valence-corrected chi connectivity index (χ2v) is 8.71. The molecule has 0 unspecified atom stereocenters. The van der Waals surface area contributed by atoms with Crippen molar-refractivity contribution in [2.45, 2.75) is 11.3 Å². The summed E-state index contributed by atoms with van der Waals surface area (Å²) >= 11 is 9.74. The molecule has 0 aliphatic carbocycles. The molecule has 0 aliphatic rings.